The quantitative estimate of drug-likeness (QED) is 0.890. The number of anilines is 1. The van der Waals surface area contributed by atoms with E-state index < -0.39 is 0 Å². The van der Waals surface area contributed by atoms with Crippen LogP contribution in [0.4, 0.5) is 5.69 Å². The van der Waals surface area contributed by atoms with Crippen molar-refractivity contribution in [2.45, 2.75) is 39.8 Å². The summed E-state index contributed by atoms with van der Waals surface area (Å²) in [7, 11) is 0. The van der Waals surface area contributed by atoms with E-state index in [-0.39, 0.29) is 18.0 Å². The Labute approximate surface area is 131 Å². The third-order valence-electron chi connectivity index (χ3n) is 3.54. The highest BCUT2D eigenvalue weighted by Gasteiger charge is 2.18. The molecule has 1 aromatic heterocycles. The van der Waals surface area contributed by atoms with Crippen LogP contribution in [-0.4, -0.2) is 21.9 Å². The van der Waals surface area contributed by atoms with Crippen LogP contribution in [0.3, 0.4) is 0 Å². The zero-order valence-corrected chi connectivity index (χ0v) is 13.4. The molecule has 2 aromatic rings. The van der Waals surface area contributed by atoms with Crippen molar-refractivity contribution in [3.63, 3.8) is 0 Å². The highest BCUT2D eigenvalue weighted by Crippen LogP contribution is 2.15. The van der Waals surface area contributed by atoms with Gasteiger partial charge in [0.2, 0.25) is 5.91 Å². The van der Waals surface area contributed by atoms with Crippen molar-refractivity contribution < 1.29 is 4.79 Å². The summed E-state index contributed by atoms with van der Waals surface area (Å²) in [4.78, 5) is 20.8. The molecule has 0 spiro atoms. The maximum absolute atomic E-state index is 12.2. The summed E-state index contributed by atoms with van der Waals surface area (Å²) in [5, 5.41) is 6.17. The number of hydrogen-bond donors (Lipinski definition) is 2. The van der Waals surface area contributed by atoms with E-state index in [9.17, 15) is 4.79 Å². The number of nitrogens with zero attached hydrogens (tertiary/aromatic N) is 2. The van der Waals surface area contributed by atoms with Crippen LogP contribution in [0.1, 0.15) is 37.0 Å². The Kier molecular flexibility index (Phi) is 5.22. The minimum Gasteiger partial charge on any atom is -0.325 e. The molecule has 22 heavy (non-hydrogen) atoms. The molecule has 0 aliphatic heterocycles. The molecule has 0 saturated carbocycles. The Hall–Kier alpha value is -2.27. The molecule has 0 radical (unpaired) electrons. The van der Waals surface area contributed by atoms with Gasteiger partial charge in [0, 0.05) is 29.2 Å². The van der Waals surface area contributed by atoms with Crippen molar-refractivity contribution in [2.24, 2.45) is 0 Å². The molecule has 2 rings (SSSR count). The molecule has 0 aliphatic rings. The van der Waals surface area contributed by atoms with Crippen molar-refractivity contribution in [1.82, 2.24) is 15.3 Å². The van der Waals surface area contributed by atoms with Gasteiger partial charge in [0.15, 0.2) is 0 Å². The number of nitrogens with one attached hydrogen (secondary N) is 2. The number of rotatable bonds is 5. The lowest BCUT2D eigenvalue weighted by Crippen LogP contribution is -2.39. The van der Waals surface area contributed by atoms with Gasteiger partial charge in [0.25, 0.3) is 0 Å². The summed E-state index contributed by atoms with van der Waals surface area (Å²) >= 11 is 0. The third-order valence-corrected chi connectivity index (χ3v) is 3.54. The van der Waals surface area contributed by atoms with Crippen LogP contribution in [0.2, 0.25) is 0 Å². The number of para-hydroxylation sites is 1. The lowest BCUT2D eigenvalue weighted by molar-refractivity contribution is -0.117. The molecule has 0 unspecified atom stereocenters. The van der Waals surface area contributed by atoms with Gasteiger partial charge in [0.05, 0.1) is 6.04 Å². The molecule has 0 fully saturated rings. The average molecular weight is 298 g/mol. The van der Waals surface area contributed by atoms with Gasteiger partial charge in [-0.15, -0.1) is 0 Å². The maximum Gasteiger partial charge on any atom is 0.241 e. The number of carbonyl (C=O) groups is 1. The fraction of sp³-hybridized carbons (Fsp3) is 0.353. The number of aromatic nitrogens is 2. The third kappa shape index (κ3) is 4.11. The topological polar surface area (TPSA) is 66.9 Å². The Balaban J connectivity index is 1.98. The molecule has 5 heteroatoms. The zero-order valence-electron chi connectivity index (χ0n) is 13.4. The van der Waals surface area contributed by atoms with Gasteiger partial charge in [0.1, 0.15) is 5.82 Å². The smallest absolute Gasteiger partial charge is 0.241 e. The highest BCUT2D eigenvalue weighted by atomic mass is 16.2. The molecule has 0 aliphatic carbocycles. The molecule has 5 nitrogen and oxygen atoms in total. The van der Waals surface area contributed by atoms with E-state index in [1.165, 1.54) is 0 Å². The van der Waals surface area contributed by atoms with Gasteiger partial charge >= 0.3 is 0 Å². The molecule has 116 valence electrons. The fourth-order valence-electron chi connectivity index (χ4n) is 2.33. The molecule has 0 saturated heterocycles. The Morgan fingerprint density at radius 1 is 1.14 bits per heavy atom. The van der Waals surface area contributed by atoms with Crippen LogP contribution < -0.4 is 10.6 Å². The van der Waals surface area contributed by atoms with Crippen molar-refractivity contribution in [3.8, 4) is 0 Å². The van der Waals surface area contributed by atoms with Gasteiger partial charge in [-0.1, -0.05) is 18.2 Å². The van der Waals surface area contributed by atoms with Gasteiger partial charge in [-0.25, -0.2) is 9.97 Å². The number of hydrogen-bond acceptors (Lipinski definition) is 4. The van der Waals surface area contributed by atoms with Crippen molar-refractivity contribution >= 4 is 11.6 Å². The van der Waals surface area contributed by atoms with Gasteiger partial charge in [-0.05, 0) is 39.8 Å². The lowest BCUT2D eigenvalue weighted by atomic mass is 10.1. The Bertz CT molecular complexity index is 642. The summed E-state index contributed by atoms with van der Waals surface area (Å²) in [6.45, 7) is 7.67. The maximum atomic E-state index is 12.2. The SMILES string of the molecule is Cc1ncc([C@@H](C)N[C@H](C)C(=O)Nc2ccccc2)c(C)n1. The largest absolute Gasteiger partial charge is 0.325 e. The molecule has 1 amide bonds. The Morgan fingerprint density at radius 2 is 1.82 bits per heavy atom. The molecule has 2 N–H and O–H groups in total. The summed E-state index contributed by atoms with van der Waals surface area (Å²) in [6, 6.07) is 9.11. The van der Waals surface area contributed by atoms with Gasteiger partial charge < -0.3 is 5.32 Å². The van der Waals surface area contributed by atoms with Crippen molar-refractivity contribution in [3.05, 3.63) is 53.6 Å². The minimum absolute atomic E-state index is 0.00266. The summed E-state index contributed by atoms with van der Waals surface area (Å²) < 4.78 is 0. The highest BCUT2D eigenvalue weighted by molar-refractivity contribution is 5.94. The van der Waals surface area contributed by atoms with E-state index in [1.54, 1.807) is 0 Å². The second-order valence-electron chi connectivity index (χ2n) is 5.42. The molecule has 2 atom stereocenters. The first kappa shape index (κ1) is 16.1. The van der Waals surface area contributed by atoms with Crippen molar-refractivity contribution in [2.75, 3.05) is 5.32 Å². The standard InChI is InChI=1S/C17H22N4O/c1-11(16-10-18-14(4)20-12(16)2)19-13(3)17(22)21-15-8-6-5-7-9-15/h5-11,13,19H,1-4H3,(H,21,22)/t11-,13-/m1/s1. The Morgan fingerprint density at radius 3 is 2.45 bits per heavy atom. The van der Waals surface area contributed by atoms with E-state index in [4.69, 9.17) is 0 Å². The van der Waals surface area contributed by atoms with Crippen LogP contribution in [-0.2, 0) is 4.79 Å². The van der Waals surface area contributed by atoms with Crippen LogP contribution in [0.5, 0.6) is 0 Å². The number of carbonyl (C=O) groups excluding carboxylic acids is 1. The van der Waals surface area contributed by atoms with Crippen molar-refractivity contribution in [1.29, 1.82) is 0 Å². The predicted octanol–water partition coefficient (Wildman–Crippen LogP) is 2.77. The van der Waals surface area contributed by atoms with Crippen LogP contribution >= 0.6 is 0 Å². The van der Waals surface area contributed by atoms with Gasteiger partial charge in [-0.3, -0.25) is 10.1 Å². The zero-order chi connectivity index (χ0) is 16.1. The summed E-state index contributed by atoms with van der Waals surface area (Å²) in [5.74, 6) is 0.687. The van der Waals surface area contributed by atoms with Gasteiger partial charge in [-0.2, -0.15) is 0 Å². The van der Waals surface area contributed by atoms with E-state index in [0.717, 1.165) is 22.8 Å². The molecular formula is C17H22N4O. The number of benzene rings is 1. The van der Waals surface area contributed by atoms with Crippen LogP contribution in [0.15, 0.2) is 36.5 Å². The van der Waals surface area contributed by atoms with E-state index in [1.807, 2.05) is 64.2 Å². The molecule has 0 bridgehead atoms. The molecular weight excluding hydrogens is 276 g/mol. The molecule has 1 aromatic carbocycles. The number of amides is 1. The average Bonchev–Trinajstić information content (AvgIpc) is 2.47. The fourth-order valence-corrected chi connectivity index (χ4v) is 2.33. The second-order valence-corrected chi connectivity index (χ2v) is 5.42. The molecule has 1 heterocycles. The second kappa shape index (κ2) is 7.13. The first-order valence-corrected chi connectivity index (χ1v) is 7.39. The number of aryl methyl sites for hydroxylation is 2. The van der Waals surface area contributed by atoms with E-state index >= 15 is 0 Å². The van der Waals surface area contributed by atoms with Crippen LogP contribution in [0, 0.1) is 13.8 Å². The lowest BCUT2D eigenvalue weighted by Gasteiger charge is -2.21. The normalized spacial score (nSPS) is 13.5. The summed E-state index contributed by atoms with van der Waals surface area (Å²) in [6.07, 6.45) is 1.82. The first-order chi connectivity index (χ1) is 10.5. The first-order valence-electron chi connectivity index (χ1n) is 7.39. The predicted molar refractivity (Wildman–Crippen MR) is 87.6 cm³/mol. The minimum atomic E-state index is -0.323. The van der Waals surface area contributed by atoms with Crippen LogP contribution in [0.25, 0.3) is 0 Å². The summed E-state index contributed by atoms with van der Waals surface area (Å²) in [5.41, 5.74) is 2.73. The van der Waals surface area contributed by atoms with E-state index in [0.29, 0.717) is 0 Å². The van der Waals surface area contributed by atoms with E-state index in [2.05, 4.69) is 20.6 Å². The monoisotopic (exact) mass is 298 g/mol.